The molecule has 3 nitrogen and oxygen atoms in total. The molecule has 0 heterocycles. The van der Waals surface area contributed by atoms with E-state index < -0.39 is 0 Å². The van der Waals surface area contributed by atoms with Crippen molar-refractivity contribution in [2.45, 2.75) is 0 Å². The Morgan fingerprint density at radius 3 is 1.95 bits per heavy atom. The van der Waals surface area contributed by atoms with E-state index in [0.717, 1.165) is 11.4 Å². The third kappa shape index (κ3) is 4.07. The SMILES string of the molecule is C=CCOC/C=N/N(c1ccccc1)c1ccccc1. The van der Waals surface area contributed by atoms with E-state index in [0.29, 0.717) is 13.2 Å². The van der Waals surface area contributed by atoms with E-state index in [1.54, 1.807) is 12.3 Å². The fourth-order valence-corrected chi connectivity index (χ4v) is 1.74. The highest BCUT2D eigenvalue weighted by molar-refractivity contribution is 5.68. The average molecular weight is 266 g/mol. The molecular weight excluding hydrogens is 248 g/mol. The second-order valence-corrected chi connectivity index (χ2v) is 4.11. The molecule has 102 valence electrons. The summed E-state index contributed by atoms with van der Waals surface area (Å²) in [5, 5.41) is 6.37. The Morgan fingerprint density at radius 2 is 1.45 bits per heavy atom. The highest BCUT2D eigenvalue weighted by Crippen LogP contribution is 2.24. The number of nitrogens with zero attached hydrogens (tertiary/aromatic N) is 2. The van der Waals surface area contributed by atoms with Crippen LogP contribution >= 0.6 is 0 Å². The van der Waals surface area contributed by atoms with Crippen molar-refractivity contribution in [2.24, 2.45) is 5.10 Å². The lowest BCUT2D eigenvalue weighted by Gasteiger charge is -2.19. The molecule has 0 aliphatic heterocycles. The minimum Gasteiger partial charge on any atom is -0.372 e. The third-order valence-electron chi connectivity index (χ3n) is 2.63. The van der Waals surface area contributed by atoms with Crippen LogP contribution in [0.2, 0.25) is 0 Å². The van der Waals surface area contributed by atoms with Gasteiger partial charge in [0.2, 0.25) is 0 Å². The maximum atomic E-state index is 5.31. The number of para-hydroxylation sites is 2. The molecule has 0 aliphatic carbocycles. The Morgan fingerprint density at radius 1 is 0.900 bits per heavy atom. The van der Waals surface area contributed by atoms with E-state index in [9.17, 15) is 0 Å². The molecule has 0 N–H and O–H groups in total. The van der Waals surface area contributed by atoms with Crippen molar-refractivity contribution in [1.82, 2.24) is 0 Å². The maximum Gasteiger partial charge on any atom is 0.0840 e. The molecule has 0 amide bonds. The molecule has 0 bridgehead atoms. The normalized spacial score (nSPS) is 10.6. The van der Waals surface area contributed by atoms with E-state index in [2.05, 4.69) is 11.7 Å². The Kier molecular flexibility index (Phi) is 5.55. The van der Waals surface area contributed by atoms with Gasteiger partial charge in [-0.25, -0.2) is 5.01 Å². The van der Waals surface area contributed by atoms with Gasteiger partial charge in [0.1, 0.15) is 0 Å². The zero-order valence-electron chi connectivity index (χ0n) is 11.4. The van der Waals surface area contributed by atoms with E-state index in [-0.39, 0.29) is 0 Å². The van der Waals surface area contributed by atoms with Crippen LogP contribution in [0.1, 0.15) is 0 Å². The lowest BCUT2D eigenvalue weighted by molar-refractivity contribution is 0.207. The molecule has 2 rings (SSSR count). The highest BCUT2D eigenvalue weighted by Gasteiger charge is 2.05. The summed E-state index contributed by atoms with van der Waals surface area (Å²) in [7, 11) is 0. The van der Waals surface area contributed by atoms with Gasteiger partial charge in [0, 0.05) is 0 Å². The Labute approximate surface area is 119 Å². The van der Waals surface area contributed by atoms with Gasteiger partial charge in [-0.1, -0.05) is 42.5 Å². The molecule has 3 heteroatoms. The number of rotatable bonds is 7. The molecule has 2 aromatic carbocycles. The van der Waals surface area contributed by atoms with E-state index >= 15 is 0 Å². The number of hydrogen-bond donors (Lipinski definition) is 0. The zero-order valence-corrected chi connectivity index (χ0v) is 11.4. The number of benzene rings is 2. The molecule has 0 radical (unpaired) electrons. The van der Waals surface area contributed by atoms with Crippen molar-refractivity contribution in [3.63, 3.8) is 0 Å². The second-order valence-electron chi connectivity index (χ2n) is 4.11. The predicted molar refractivity (Wildman–Crippen MR) is 84.5 cm³/mol. The van der Waals surface area contributed by atoms with Crippen LogP contribution in [0.15, 0.2) is 78.4 Å². The van der Waals surface area contributed by atoms with Gasteiger partial charge in [-0.3, -0.25) is 0 Å². The monoisotopic (exact) mass is 266 g/mol. The number of hydrazone groups is 1. The van der Waals surface area contributed by atoms with Crippen molar-refractivity contribution < 1.29 is 4.74 Å². The number of ether oxygens (including phenoxy) is 1. The first-order valence-corrected chi connectivity index (χ1v) is 6.53. The first-order chi connectivity index (χ1) is 9.92. The van der Waals surface area contributed by atoms with Crippen LogP contribution in [0.4, 0.5) is 11.4 Å². The summed E-state index contributed by atoms with van der Waals surface area (Å²) in [5.41, 5.74) is 2.03. The fourth-order valence-electron chi connectivity index (χ4n) is 1.74. The van der Waals surface area contributed by atoms with Crippen molar-refractivity contribution in [3.8, 4) is 0 Å². The van der Waals surface area contributed by atoms with Crippen molar-refractivity contribution in [3.05, 3.63) is 73.3 Å². The quantitative estimate of drug-likeness (QED) is 0.327. The zero-order chi connectivity index (χ0) is 14.0. The van der Waals surface area contributed by atoms with Crippen LogP contribution in [0.5, 0.6) is 0 Å². The Balaban J connectivity index is 2.15. The van der Waals surface area contributed by atoms with Gasteiger partial charge in [0.05, 0.1) is 30.8 Å². The minimum absolute atomic E-state index is 0.461. The van der Waals surface area contributed by atoms with Crippen molar-refractivity contribution in [2.75, 3.05) is 18.2 Å². The van der Waals surface area contributed by atoms with Crippen molar-refractivity contribution in [1.29, 1.82) is 0 Å². The van der Waals surface area contributed by atoms with Gasteiger partial charge < -0.3 is 4.74 Å². The highest BCUT2D eigenvalue weighted by atomic mass is 16.5. The largest absolute Gasteiger partial charge is 0.372 e. The van der Waals surface area contributed by atoms with E-state index in [1.165, 1.54) is 0 Å². The van der Waals surface area contributed by atoms with Crippen molar-refractivity contribution >= 4 is 17.6 Å². The fraction of sp³-hybridized carbons (Fsp3) is 0.118. The smallest absolute Gasteiger partial charge is 0.0840 e. The molecule has 0 spiro atoms. The summed E-state index contributed by atoms with van der Waals surface area (Å²) in [6.45, 7) is 4.60. The lowest BCUT2D eigenvalue weighted by Crippen LogP contribution is -2.10. The predicted octanol–water partition coefficient (Wildman–Crippen LogP) is 4.01. The first-order valence-electron chi connectivity index (χ1n) is 6.53. The van der Waals surface area contributed by atoms with Crippen LogP contribution in [-0.2, 0) is 4.74 Å². The van der Waals surface area contributed by atoms with Crippen LogP contribution in [-0.4, -0.2) is 19.4 Å². The van der Waals surface area contributed by atoms with Crippen LogP contribution < -0.4 is 5.01 Å². The summed E-state index contributed by atoms with van der Waals surface area (Å²) in [6, 6.07) is 20.1. The summed E-state index contributed by atoms with van der Waals surface area (Å²) in [5.74, 6) is 0. The maximum absolute atomic E-state index is 5.31. The Bertz CT molecular complexity index is 498. The number of anilines is 2. The molecule has 0 atom stereocenters. The van der Waals surface area contributed by atoms with E-state index in [1.807, 2.05) is 65.7 Å². The Hall–Kier alpha value is -2.39. The summed E-state index contributed by atoms with van der Waals surface area (Å²) in [6.07, 6.45) is 3.48. The molecule has 0 aromatic heterocycles. The van der Waals surface area contributed by atoms with Crippen LogP contribution in [0.3, 0.4) is 0 Å². The molecule has 0 saturated heterocycles. The molecular formula is C17H18N2O. The topological polar surface area (TPSA) is 24.8 Å². The van der Waals surface area contributed by atoms with Gasteiger partial charge >= 0.3 is 0 Å². The molecule has 0 aliphatic rings. The first kappa shape index (κ1) is 14.0. The summed E-state index contributed by atoms with van der Waals surface area (Å²) in [4.78, 5) is 0. The molecule has 20 heavy (non-hydrogen) atoms. The minimum atomic E-state index is 0.461. The molecule has 2 aromatic rings. The molecule has 0 unspecified atom stereocenters. The standard InChI is InChI=1S/C17H18N2O/c1-2-14-20-15-13-18-19(16-9-5-3-6-10-16)17-11-7-4-8-12-17/h2-13H,1,14-15H2/b18-13+. The second kappa shape index (κ2) is 7.92. The van der Waals surface area contributed by atoms with Crippen LogP contribution in [0, 0.1) is 0 Å². The van der Waals surface area contributed by atoms with Gasteiger partial charge in [-0.2, -0.15) is 5.10 Å². The van der Waals surface area contributed by atoms with Gasteiger partial charge in [0.15, 0.2) is 0 Å². The number of hydrogen-bond acceptors (Lipinski definition) is 3. The van der Waals surface area contributed by atoms with E-state index in [4.69, 9.17) is 4.74 Å². The van der Waals surface area contributed by atoms with Crippen LogP contribution in [0.25, 0.3) is 0 Å². The third-order valence-corrected chi connectivity index (χ3v) is 2.63. The average Bonchev–Trinajstić information content (AvgIpc) is 2.53. The van der Waals surface area contributed by atoms with Gasteiger partial charge in [0.25, 0.3) is 0 Å². The van der Waals surface area contributed by atoms with Gasteiger partial charge in [-0.05, 0) is 24.3 Å². The lowest BCUT2D eigenvalue weighted by atomic mass is 10.2. The molecule has 0 saturated carbocycles. The summed E-state index contributed by atoms with van der Waals surface area (Å²) >= 11 is 0. The summed E-state index contributed by atoms with van der Waals surface area (Å²) < 4.78 is 5.31. The van der Waals surface area contributed by atoms with Gasteiger partial charge in [-0.15, -0.1) is 6.58 Å². The molecule has 0 fully saturated rings.